The minimum atomic E-state index is -4.96. The van der Waals surface area contributed by atoms with Gasteiger partial charge < -0.3 is 33.8 Å². The van der Waals surface area contributed by atoms with Crippen LogP contribution in [0.2, 0.25) is 0 Å². The predicted molar refractivity (Wildman–Crippen MR) is 377 cm³/mol. The van der Waals surface area contributed by atoms with E-state index in [9.17, 15) is 43.2 Å². The Balaban J connectivity index is 5.25. The molecule has 0 saturated heterocycles. The molecule has 552 valence electrons. The summed E-state index contributed by atoms with van der Waals surface area (Å²) in [6.07, 6.45) is 49.8. The normalized spacial score (nSPS) is 14.7. The first-order chi connectivity index (χ1) is 44.8. The van der Waals surface area contributed by atoms with Crippen molar-refractivity contribution in [3.8, 4) is 0 Å². The molecular formula is C74H144O17P2. The molecule has 0 rings (SSSR count). The summed E-state index contributed by atoms with van der Waals surface area (Å²) in [5.41, 5.74) is 0. The van der Waals surface area contributed by atoms with Gasteiger partial charge in [-0.15, -0.1) is 0 Å². The van der Waals surface area contributed by atoms with E-state index in [0.717, 1.165) is 108 Å². The van der Waals surface area contributed by atoms with Crippen molar-refractivity contribution in [1.29, 1.82) is 0 Å². The molecule has 0 aromatic heterocycles. The molecule has 4 unspecified atom stereocenters. The molecule has 19 heteroatoms. The van der Waals surface area contributed by atoms with Crippen molar-refractivity contribution in [3.63, 3.8) is 0 Å². The Morgan fingerprint density at radius 2 is 0.548 bits per heavy atom. The Bertz CT molecular complexity index is 1820. The van der Waals surface area contributed by atoms with Crippen LogP contribution in [0.4, 0.5) is 0 Å². The van der Waals surface area contributed by atoms with Gasteiger partial charge in [0.25, 0.3) is 0 Å². The lowest BCUT2D eigenvalue weighted by atomic mass is 9.99. The monoisotopic (exact) mass is 1370 g/mol. The van der Waals surface area contributed by atoms with Crippen molar-refractivity contribution in [3.05, 3.63) is 0 Å². The molecule has 0 heterocycles. The van der Waals surface area contributed by atoms with E-state index >= 15 is 0 Å². The van der Waals surface area contributed by atoms with Crippen molar-refractivity contribution in [2.24, 2.45) is 17.8 Å². The molecule has 7 atom stereocenters. The highest BCUT2D eigenvalue weighted by Gasteiger charge is 2.30. The third kappa shape index (κ3) is 65.8. The highest BCUT2D eigenvalue weighted by molar-refractivity contribution is 7.47. The highest BCUT2D eigenvalue weighted by atomic mass is 31.2. The minimum absolute atomic E-state index is 0.105. The van der Waals surface area contributed by atoms with Crippen molar-refractivity contribution >= 4 is 39.5 Å². The van der Waals surface area contributed by atoms with E-state index in [4.69, 9.17) is 37.0 Å². The molecule has 93 heavy (non-hydrogen) atoms. The van der Waals surface area contributed by atoms with E-state index in [0.29, 0.717) is 25.7 Å². The molecule has 0 aromatic carbocycles. The van der Waals surface area contributed by atoms with Gasteiger partial charge in [-0.2, -0.15) is 0 Å². The van der Waals surface area contributed by atoms with Crippen LogP contribution in [0.5, 0.6) is 0 Å². The maximum Gasteiger partial charge on any atom is 0.472 e. The molecule has 0 saturated carbocycles. The van der Waals surface area contributed by atoms with Crippen LogP contribution in [-0.4, -0.2) is 96.7 Å². The van der Waals surface area contributed by atoms with Gasteiger partial charge in [-0.25, -0.2) is 9.13 Å². The topological polar surface area (TPSA) is 237 Å². The third-order valence-corrected chi connectivity index (χ3v) is 19.8. The molecule has 3 N–H and O–H groups in total. The molecule has 0 amide bonds. The van der Waals surface area contributed by atoms with Gasteiger partial charge in [-0.3, -0.25) is 37.3 Å². The number of phosphoric ester groups is 2. The summed E-state index contributed by atoms with van der Waals surface area (Å²) < 4.78 is 68.4. The molecule has 0 fully saturated rings. The average molecular weight is 1370 g/mol. The van der Waals surface area contributed by atoms with Crippen molar-refractivity contribution < 1.29 is 80.2 Å². The van der Waals surface area contributed by atoms with Gasteiger partial charge in [0.15, 0.2) is 12.2 Å². The summed E-state index contributed by atoms with van der Waals surface area (Å²) in [5, 5.41) is 10.6. The fourth-order valence-corrected chi connectivity index (χ4v) is 12.8. The number of hydrogen-bond donors (Lipinski definition) is 3. The van der Waals surface area contributed by atoms with E-state index in [1.54, 1.807) is 0 Å². The zero-order valence-corrected chi connectivity index (χ0v) is 62.5. The molecule has 0 radical (unpaired) electrons. The highest BCUT2D eigenvalue weighted by Crippen LogP contribution is 2.45. The van der Waals surface area contributed by atoms with E-state index < -0.39 is 97.5 Å². The number of esters is 4. The van der Waals surface area contributed by atoms with Crippen LogP contribution >= 0.6 is 15.6 Å². The Hall–Kier alpha value is -1.94. The Morgan fingerprint density at radius 3 is 0.817 bits per heavy atom. The molecule has 0 spiro atoms. The van der Waals surface area contributed by atoms with E-state index in [-0.39, 0.29) is 25.7 Å². The van der Waals surface area contributed by atoms with E-state index in [2.05, 4.69) is 48.5 Å². The molecule has 0 aliphatic heterocycles. The van der Waals surface area contributed by atoms with Crippen LogP contribution in [0.3, 0.4) is 0 Å². The SMILES string of the molecule is CCCCCCCCCCCCC(=O)OC[C@H](COP(=O)(O)OC[C@H](O)COP(=O)(O)OC[C@@H](COC(=O)CCCCCCCCCCCCC(C)C)OC(=O)CCCCCCCCCCCCCCCCC(C)CC)OC(=O)CCCCCCCCCCC(C)CC. The van der Waals surface area contributed by atoms with Crippen LogP contribution in [0, 0.1) is 17.8 Å². The second kappa shape index (κ2) is 64.7. The van der Waals surface area contributed by atoms with Gasteiger partial charge in [-0.1, -0.05) is 325 Å². The quantitative estimate of drug-likeness (QED) is 0.0222. The summed E-state index contributed by atoms with van der Waals surface area (Å²) in [6.45, 7) is 11.9. The summed E-state index contributed by atoms with van der Waals surface area (Å²) in [5.74, 6) is 0.252. The predicted octanol–water partition coefficient (Wildman–Crippen LogP) is 21.4. The maximum absolute atomic E-state index is 13.1. The number of phosphoric acid groups is 2. The van der Waals surface area contributed by atoms with Gasteiger partial charge in [-0.05, 0) is 43.4 Å². The maximum atomic E-state index is 13.1. The minimum Gasteiger partial charge on any atom is -0.462 e. The smallest absolute Gasteiger partial charge is 0.462 e. The number of hydrogen-bond acceptors (Lipinski definition) is 15. The number of carbonyl (C=O) groups is 4. The standard InChI is InChI=1S/C74H144O17P2/c1-8-11-12-13-14-15-26-34-41-48-55-71(76)84-62-70(91-74(79)58-51-44-37-30-29-33-40-47-54-67(7)10-3)64-89-93(82,83)87-60-68(75)59-86-92(80,81)88-63-69(61-85-72(77)56-49-42-35-27-23-22-24-31-38-45-52-65(4)5)90-73(78)57-50-43-36-28-21-19-17-16-18-20-25-32-39-46-53-66(6)9-2/h65-70,75H,8-64H2,1-7H3,(H,80,81)(H,82,83)/t66?,67?,68-,69-,70-/m1/s1. The number of unbranched alkanes of at least 4 members (excludes halogenated alkanes) is 38. The summed E-state index contributed by atoms with van der Waals surface area (Å²) in [7, 11) is -9.91. The van der Waals surface area contributed by atoms with Crippen LogP contribution in [-0.2, 0) is 65.4 Å². The van der Waals surface area contributed by atoms with Crippen LogP contribution in [0.1, 0.15) is 376 Å². The Morgan fingerprint density at radius 1 is 0.312 bits per heavy atom. The summed E-state index contributed by atoms with van der Waals surface area (Å²) >= 11 is 0. The zero-order chi connectivity index (χ0) is 68.7. The largest absolute Gasteiger partial charge is 0.472 e. The molecule has 0 aliphatic rings. The van der Waals surface area contributed by atoms with E-state index in [1.807, 2.05) is 0 Å². The number of aliphatic hydroxyl groups excluding tert-OH is 1. The number of carbonyl (C=O) groups excluding carboxylic acids is 4. The Labute approximate surface area is 568 Å². The number of rotatable bonds is 72. The lowest BCUT2D eigenvalue weighted by Crippen LogP contribution is -2.30. The van der Waals surface area contributed by atoms with Crippen molar-refractivity contribution in [2.45, 2.75) is 394 Å². The zero-order valence-electron chi connectivity index (χ0n) is 60.7. The molecule has 17 nitrogen and oxygen atoms in total. The molecule has 0 aromatic rings. The number of aliphatic hydroxyl groups is 1. The van der Waals surface area contributed by atoms with Gasteiger partial charge in [0.1, 0.15) is 19.3 Å². The molecular weight excluding hydrogens is 1220 g/mol. The lowest BCUT2D eigenvalue weighted by molar-refractivity contribution is -0.161. The first-order valence-corrected chi connectivity index (χ1v) is 41.4. The lowest BCUT2D eigenvalue weighted by Gasteiger charge is -2.21. The fraction of sp³-hybridized carbons (Fsp3) is 0.946. The second-order valence-corrected chi connectivity index (χ2v) is 30.6. The number of ether oxygens (including phenoxy) is 4. The first kappa shape index (κ1) is 91.1. The van der Waals surface area contributed by atoms with Crippen LogP contribution < -0.4 is 0 Å². The van der Waals surface area contributed by atoms with E-state index in [1.165, 1.54) is 186 Å². The first-order valence-electron chi connectivity index (χ1n) is 38.4. The Kier molecular flexibility index (Phi) is 63.4. The van der Waals surface area contributed by atoms with Gasteiger partial charge in [0, 0.05) is 25.7 Å². The molecule has 0 bridgehead atoms. The van der Waals surface area contributed by atoms with Crippen LogP contribution in [0.25, 0.3) is 0 Å². The van der Waals surface area contributed by atoms with Crippen molar-refractivity contribution in [1.82, 2.24) is 0 Å². The third-order valence-electron chi connectivity index (χ3n) is 17.9. The van der Waals surface area contributed by atoms with Gasteiger partial charge >= 0.3 is 39.5 Å². The summed E-state index contributed by atoms with van der Waals surface area (Å²) in [4.78, 5) is 72.7. The van der Waals surface area contributed by atoms with Gasteiger partial charge in [0.2, 0.25) is 0 Å². The second-order valence-electron chi connectivity index (χ2n) is 27.6. The fourth-order valence-electron chi connectivity index (χ4n) is 11.2. The van der Waals surface area contributed by atoms with Crippen LogP contribution in [0.15, 0.2) is 0 Å². The van der Waals surface area contributed by atoms with Gasteiger partial charge in [0.05, 0.1) is 26.4 Å². The molecule has 0 aliphatic carbocycles. The summed E-state index contributed by atoms with van der Waals surface area (Å²) in [6, 6.07) is 0. The average Bonchev–Trinajstić information content (AvgIpc) is 3.32. The van der Waals surface area contributed by atoms with Crippen molar-refractivity contribution in [2.75, 3.05) is 39.6 Å².